The van der Waals surface area contributed by atoms with Crippen LogP contribution in [-0.4, -0.2) is 38.8 Å². The van der Waals surface area contributed by atoms with E-state index in [-0.39, 0.29) is 18.0 Å². The predicted molar refractivity (Wildman–Crippen MR) is 85.5 cm³/mol. The van der Waals surface area contributed by atoms with Crippen molar-refractivity contribution in [1.29, 1.82) is 0 Å². The summed E-state index contributed by atoms with van der Waals surface area (Å²) in [5, 5.41) is 10.4. The van der Waals surface area contributed by atoms with E-state index in [1.165, 1.54) is 11.8 Å². The number of hydrogen-bond donors (Lipinski definition) is 0. The van der Waals surface area contributed by atoms with Crippen LogP contribution in [0.25, 0.3) is 10.8 Å². The first kappa shape index (κ1) is 16.0. The molecule has 2 heterocycles. The van der Waals surface area contributed by atoms with Crippen LogP contribution in [0.2, 0.25) is 0 Å². The lowest BCUT2D eigenvalue weighted by atomic mass is 10.2. The summed E-state index contributed by atoms with van der Waals surface area (Å²) in [4.78, 5) is 15.1. The smallest absolute Gasteiger partial charge is 0.277 e. The second kappa shape index (κ2) is 7.09. The molecule has 0 atom stereocenters. The molecular formula is C14H19N3O2S2. The summed E-state index contributed by atoms with van der Waals surface area (Å²) in [5.74, 6) is 0.896. The summed E-state index contributed by atoms with van der Waals surface area (Å²) >= 11 is 2.83. The van der Waals surface area contributed by atoms with Gasteiger partial charge in [0.2, 0.25) is 5.91 Å². The predicted octanol–water partition coefficient (Wildman–Crippen LogP) is 3.54. The summed E-state index contributed by atoms with van der Waals surface area (Å²) < 4.78 is 5.56. The number of nitrogens with zero attached hydrogens (tertiary/aromatic N) is 3. The Morgan fingerprint density at radius 3 is 2.62 bits per heavy atom. The number of carbonyl (C=O) groups is 1. The minimum atomic E-state index is 0.0841. The number of amides is 1. The monoisotopic (exact) mass is 325 g/mol. The molecule has 0 saturated heterocycles. The largest absolute Gasteiger partial charge is 0.410 e. The number of rotatable bonds is 6. The van der Waals surface area contributed by atoms with Crippen LogP contribution in [0.4, 0.5) is 0 Å². The highest BCUT2D eigenvalue weighted by Gasteiger charge is 2.21. The van der Waals surface area contributed by atoms with Gasteiger partial charge in [-0.25, -0.2) is 0 Å². The minimum absolute atomic E-state index is 0.0841. The molecule has 0 N–H and O–H groups in total. The third kappa shape index (κ3) is 4.07. The average Bonchev–Trinajstić information content (AvgIpc) is 3.06. The van der Waals surface area contributed by atoms with Crippen molar-refractivity contribution in [2.75, 3.05) is 5.75 Å². The molecule has 0 spiro atoms. The second-order valence-corrected chi connectivity index (χ2v) is 7.00. The van der Waals surface area contributed by atoms with Crippen LogP contribution in [0.15, 0.2) is 27.2 Å². The molecule has 2 aromatic rings. The first-order valence-corrected chi connectivity index (χ1v) is 8.67. The summed E-state index contributed by atoms with van der Waals surface area (Å²) in [7, 11) is 0. The summed E-state index contributed by atoms with van der Waals surface area (Å²) in [6.07, 6.45) is 0. The fourth-order valence-corrected chi connectivity index (χ4v) is 3.41. The third-order valence-corrected chi connectivity index (χ3v) is 4.52. The maximum Gasteiger partial charge on any atom is 0.277 e. The van der Waals surface area contributed by atoms with E-state index < -0.39 is 0 Å². The van der Waals surface area contributed by atoms with Crippen LogP contribution in [-0.2, 0) is 4.79 Å². The summed E-state index contributed by atoms with van der Waals surface area (Å²) in [6, 6.07) is 4.23. The van der Waals surface area contributed by atoms with E-state index in [1.807, 2.05) is 50.1 Å². The van der Waals surface area contributed by atoms with E-state index in [0.29, 0.717) is 16.9 Å². The van der Waals surface area contributed by atoms with Crippen LogP contribution in [0.3, 0.4) is 0 Å². The van der Waals surface area contributed by atoms with Gasteiger partial charge in [0, 0.05) is 12.1 Å². The van der Waals surface area contributed by atoms with Crippen molar-refractivity contribution in [3.8, 4) is 10.8 Å². The Bertz CT molecular complexity index is 571. The Morgan fingerprint density at radius 1 is 1.33 bits per heavy atom. The first-order valence-electron chi connectivity index (χ1n) is 6.80. The van der Waals surface area contributed by atoms with Crippen molar-refractivity contribution in [3.63, 3.8) is 0 Å². The lowest BCUT2D eigenvalue weighted by Gasteiger charge is -2.30. The number of hydrogen-bond acceptors (Lipinski definition) is 6. The van der Waals surface area contributed by atoms with Crippen molar-refractivity contribution >= 4 is 29.0 Å². The highest BCUT2D eigenvalue weighted by atomic mass is 32.2. The zero-order valence-corrected chi connectivity index (χ0v) is 14.2. The molecule has 0 aliphatic heterocycles. The highest BCUT2D eigenvalue weighted by molar-refractivity contribution is 7.99. The number of thioether (sulfide) groups is 1. The van der Waals surface area contributed by atoms with Gasteiger partial charge in [-0.2, -0.15) is 0 Å². The molecule has 5 nitrogen and oxygen atoms in total. The molecule has 0 bridgehead atoms. The van der Waals surface area contributed by atoms with Gasteiger partial charge >= 0.3 is 0 Å². The molecule has 0 saturated carbocycles. The normalized spacial score (nSPS) is 11.3. The van der Waals surface area contributed by atoms with Gasteiger partial charge in [0.05, 0.1) is 10.6 Å². The van der Waals surface area contributed by atoms with Gasteiger partial charge in [-0.1, -0.05) is 17.8 Å². The zero-order valence-electron chi connectivity index (χ0n) is 12.6. The van der Waals surface area contributed by atoms with E-state index in [0.717, 1.165) is 4.88 Å². The van der Waals surface area contributed by atoms with E-state index in [2.05, 4.69) is 10.2 Å². The number of thiophene rings is 1. The molecule has 0 aromatic carbocycles. The maximum absolute atomic E-state index is 12.3. The first-order chi connectivity index (χ1) is 9.99. The quantitative estimate of drug-likeness (QED) is 0.760. The molecule has 114 valence electrons. The van der Waals surface area contributed by atoms with Crippen molar-refractivity contribution < 1.29 is 9.21 Å². The fourth-order valence-electron chi connectivity index (χ4n) is 2.14. The zero-order chi connectivity index (χ0) is 15.4. The molecule has 0 aliphatic carbocycles. The molecule has 0 aliphatic rings. The van der Waals surface area contributed by atoms with Crippen LogP contribution < -0.4 is 0 Å². The lowest BCUT2D eigenvalue weighted by molar-refractivity contribution is -0.131. The fraction of sp³-hybridized carbons (Fsp3) is 0.500. The molecule has 2 aromatic heterocycles. The molecule has 21 heavy (non-hydrogen) atoms. The average molecular weight is 325 g/mol. The summed E-state index contributed by atoms with van der Waals surface area (Å²) in [5.41, 5.74) is 0. The van der Waals surface area contributed by atoms with Gasteiger partial charge in [0.25, 0.3) is 11.1 Å². The van der Waals surface area contributed by atoms with Crippen LogP contribution in [0.1, 0.15) is 27.7 Å². The van der Waals surface area contributed by atoms with E-state index in [1.54, 1.807) is 11.3 Å². The molecule has 0 unspecified atom stereocenters. The third-order valence-electron chi connectivity index (χ3n) is 2.86. The van der Waals surface area contributed by atoms with E-state index >= 15 is 0 Å². The lowest BCUT2D eigenvalue weighted by Crippen LogP contribution is -2.43. The van der Waals surface area contributed by atoms with E-state index in [4.69, 9.17) is 4.42 Å². The molecule has 0 radical (unpaired) electrons. The van der Waals surface area contributed by atoms with Gasteiger partial charge in [0.15, 0.2) is 0 Å². The van der Waals surface area contributed by atoms with Gasteiger partial charge in [-0.15, -0.1) is 21.5 Å². The Morgan fingerprint density at radius 2 is 2.05 bits per heavy atom. The number of aromatic nitrogens is 2. The minimum Gasteiger partial charge on any atom is -0.410 e. The molecular weight excluding hydrogens is 306 g/mol. The van der Waals surface area contributed by atoms with Crippen molar-refractivity contribution in [1.82, 2.24) is 15.1 Å². The molecule has 7 heteroatoms. The van der Waals surface area contributed by atoms with Crippen LogP contribution in [0, 0.1) is 0 Å². The number of carbonyl (C=O) groups excluding carboxylic acids is 1. The SMILES string of the molecule is CC(C)N(C(=O)CSc1nnc(-c2cccs2)o1)C(C)C. The highest BCUT2D eigenvalue weighted by Crippen LogP contribution is 2.26. The molecule has 2 rings (SSSR count). The van der Waals surface area contributed by atoms with E-state index in [9.17, 15) is 4.79 Å². The van der Waals surface area contributed by atoms with Crippen molar-refractivity contribution in [2.24, 2.45) is 0 Å². The summed E-state index contributed by atoms with van der Waals surface area (Å²) in [6.45, 7) is 8.07. The maximum atomic E-state index is 12.3. The Hall–Kier alpha value is -1.34. The molecule has 1 amide bonds. The Kier molecular flexibility index (Phi) is 5.41. The topological polar surface area (TPSA) is 59.2 Å². The Labute approximate surface area is 132 Å². The van der Waals surface area contributed by atoms with Gasteiger partial charge in [-0.3, -0.25) is 4.79 Å². The van der Waals surface area contributed by atoms with Crippen molar-refractivity contribution in [3.05, 3.63) is 17.5 Å². The molecule has 0 fully saturated rings. The van der Waals surface area contributed by atoms with Gasteiger partial charge in [0.1, 0.15) is 0 Å². The van der Waals surface area contributed by atoms with Gasteiger partial charge < -0.3 is 9.32 Å². The van der Waals surface area contributed by atoms with Crippen molar-refractivity contribution in [2.45, 2.75) is 45.0 Å². The van der Waals surface area contributed by atoms with Gasteiger partial charge in [-0.05, 0) is 39.1 Å². The Balaban J connectivity index is 1.95. The van der Waals surface area contributed by atoms with Crippen LogP contribution in [0.5, 0.6) is 0 Å². The standard InChI is InChI=1S/C14H19N3O2S2/c1-9(2)17(10(3)4)12(18)8-21-14-16-15-13(19-14)11-6-5-7-20-11/h5-7,9-10H,8H2,1-4H3. The second-order valence-electron chi connectivity index (χ2n) is 5.13. The van der Waals surface area contributed by atoms with Crippen LogP contribution >= 0.6 is 23.1 Å².